The molecule has 0 aromatic heterocycles. The molecule has 0 atom stereocenters. The molecule has 1 aliphatic rings. The molecule has 0 unspecified atom stereocenters. The molecule has 6 heteroatoms. The van der Waals surface area contributed by atoms with E-state index >= 15 is 0 Å². The molecule has 106 valence electrons. The van der Waals surface area contributed by atoms with E-state index in [1.807, 2.05) is 0 Å². The van der Waals surface area contributed by atoms with Crippen molar-refractivity contribution in [2.45, 2.75) is 51.2 Å². The Morgan fingerprint density at radius 1 is 1.28 bits per heavy atom. The molecule has 0 aromatic rings. The number of rotatable bonds is 4. The van der Waals surface area contributed by atoms with Crippen LogP contribution in [0.25, 0.3) is 0 Å². The Balaban J connectivity index is 2.52. The van der Waals surface area contributed by atoms with Gasteiger partial charge in [0.15, 0.2) is 0 Å². The van der Waals surface area contributed by atoms with E-state index < -0.39 is 20.7 Å². The summed E-state index contributed by atoms with van der Waals surface area (Å²) in [6, 6.07) is 0. The lowest BCUT2D eigenvalue weighted by molar-refractivity contribution is -0.137. The SMILES string of the molecule is CC(C)(C)S(=O)(=O)N1CCC(CCC(=O)O)CC1. The number of hydrogen-bond donors (Lipinski definition) is 1. The van der Waals surface area contributed by atoms with Crippen LogP contribution in [0.1, 0.15) is 46.5 Å². The molecule has 0 aromatic carbocycles. The maximum Gasteiger partial charge on any atom is 0.303 e. The van der Waals surface area contributed by atoms with Gasteiger partial charge in [-0.1, -0.05) is 0 Å². The van der Waals surface area contributed by atoms with Crippen LogP contribution in [-0.4, -0.2) is 41.6 Å². The predicted molar refractivity (Wildman–Crippen MR) is 69.8 cm³/mol. The second-order valence-electron chi connectivity index (χ2n) is 5.89. The molecule has 1 saturated heterocycles. The minimum absolute atomic E-state index is 0.177. The van der Waals surface area contributed by atoms with E-state index in [1.165, 1.54) is 0 Å². The first kappa shape index (κ1) is 15.4. The van der Waals surface area contributed by atoms with Crippen molar-refractivity contribution in [3.8, 4) is 0 Å². The van der Waals surface area contributed by atoms with E-state index in [1.54, 1.807) is 25.1 Å². The zero-order valence-electron chi connectivity index (χ0n) is 11.3. The van der Waals surface area contributed by atoms with Crippen LogP contribution in [0.2, 0.25) is 0 Å². The number of carboxylic acids is 1. The van der Waals surface area contributed by atoms with E-state index in [0.29, 0.717) is 25.4 Å². The highest BCUT2D eigenvalue weighted by atomic mass is 32.2. The van der Waals surface area contributed by atoms with Crippen molar-refractivity contribution in [1.29, 1.82) is 0 Å². The number of sulfonamides is 1. The third-order valence-electron chi connectivity index (χ3n) is 3.45. The maximum atomic E-state index is 12.2. The van der Waals surface area contributed by atoms with Gasteiger partial charge >= 0.3 is 5.97 Å². The average Bonchev–Trinajstić information content (AvgIpc) is 2.25. The van der Waals surface area contributed by atoms with E-state index in [4.69, 9.17) is 5.11 Å². The first-order valence-electron chi connectivity index (χ1n) is 6.36. The summed E-state index contributed by atoms with van der Waals surface area (Å²) in [5.41, 5.74) is 0. The predicted octanol–water partition coefficient (Wildman–Crippen LogP) is 1.69. The first-order valence-corrected chi connectivity index (χ1v) is 7.80. The lowest BCUT2D eigenvalue weighted by Crippen LogP contribution is -2.46. The van der Waals surface area contributed by atoms with Gasteiger partial charge in [0.1, 0.15) is 0 Å². The van der Waals surface area contributed by atoms with Gasteiger partial charge in [-0.05, 0) is 46.0 Å². The van der Waals surface area contributed by atoms with Gasteiger partial charge in [-0.2, -0.15) is 0 Å². The monoisotopic (exact) mass is 277 g/mol. The zero-order chi connectivity index (χ0) is 14.0. The molecule has 0 amide bonds. The molecule has 1 N–H and O–H groups in total. The fourth-order valence-corrected chi connectivity index (χ4v) is 3.62. The number of piperidine rings is 1. The van der Waals surface area contributed by atoms with Crippen molar-refractivity contribution in [3.63, 3.8) is 0 Å². The third kappa shape index (κ3) is 3.68. The summed E-state index contributed by atoms with van der Waals surface area (Å²) in [4.78, 5) is 10.5. The Morgan fingerprint density at radius 2 is 1.78 bits per heavy atom. The van der Waals surface area contributed by atoms with Crippen molar-refractivity contribution in [3.05, 3.63) is 0 Å². The minimum Gasteiger partial charge on any atom is -0.481 e. The highest BCUT2D eigenvalue weighted by molar-refractivity contribution is 7.90. The molecular formula is C12H23NO4S. The number of aliphatic carboxylic acids is 1. The van der Waals surface area contributed by atoms with Gasteiger partial charge in [0.25, 0.3) is 0 Å². The lowest BCUT2D eigenvalue weighted by atomic mass is 9.93. The molecular weight excluding hydrogens is 254 g/mol. The van der Waals surface area contributed by atoms with Crippen LogP contribution in [0.4, 0.5) is 0 Å². The fraction of sp³-hybridized carbons (Fsp3) is 0.917. The Kier molecular flexibility index (Phi) is 4.78. The highest BCUT2D eigenvalue weighted by Crippen LogP contribution is 2.28. The third-order valence-corrected chi connectivity index (χ3v) is 6.05. The number of nitrogens with zero attached hydrogens (tertiary/aromatic N) is 1. The fourth-order valence-electron chi connectivity index (χ4n) is 2.15. The van der Waals surface area contributed by atoms with Crippen LogP contribution < -0.4 is 0 Å². The van der Waals surface area contributed by atoms with Crippen molar-refractivity contribution in [1.82, 2.24) is 4.31 Å². The summed E-state index contributed by atoms with van der Waals surface area (Å²) < 4.78 is 25.2. The van der Waals surface area contributed by atoms with Crippen molar-refractivity contribution >= 4 is 16.0 Å². The Hall–Kier alpha value is -0.620. The lowest BCUT2D eigenvalue weighted by Gasteiger charge is -2.35. The number of carbonyl (C=O) groups is 1. The van der Waals surface area contributed by atoms with E-state index in [-0.39, 0.29) is 6.42 Å². The second-order valence-corrected chi connectivity index (χ2v) is 8.58. The normalized spacial score (nSPS) is 19.9. The molecule has 1 fully saturated rings. The molecule has 1 aliphatic heterocycles. The summed E-state index contributed by atoms with van der Waals surface area (Å²) in [7, 11) is -3.24. The Bertz CT molecular complexity index is 389. The zero-order valence-corrected chi connectivity index (χ0v) is 12.2. The molecule has 1 heterocycles. The number of carboxylic acid groups (broad SMARTS) is 1. The van der Waals surface area contributed by atoms with Gasteiger partial charge in [0, 0.05) is 19.5 Å². The van der Waals surface area contributed by atoms with Gasteiger partial charge in [0.2, 0.25) is 10.0 Å². The van der Waals surface area contributed by atoms with Crippen LogP contribution in [-0.2, 0) is 14.8 Å². The molecule has 0 aliphatic carbocycles. The van der Waals surface area contributed by atoms with Gasteiger partial charge < -0.3 is 5.11 Å². The quantitative estimate of drug-likeness (QED) is 0.848. The van der Waals surface area contributed by atoms with E-state index in [9.17, 15) is 13.2 Å². The molecule has 0 radical (unpaired) electrons. The minimum atomic E-state index is -3.24. The van der Waals surface area contributed by atoms with Crippen molar-refractivity contribution in [2.24, 2.45) is 5.92 Å². The standard InChI is InChI=1S/C12H23NO4S/c1-12(2,3)18(16,17)13-8-6-10(7-9-13)4-5-11(14)15/h10H,4-9H2,1-3H3,(H,14,15). The smallest absolute Gasteiger partial charge is 0.303 e. The molecule has 18 heavy (non-hydrogen) atoms. The molecule has 0 saturated carbocycles. The van der Waals surface area contributed by atoms with E-state index in [0.717, 1.165) is 12.8 Å². The largest absolute Gasteiger partial charge is 0.481 e. The van der Waals surface area contributed by atoms with Crippen molar-refractivity contribution < 1.29 is 18.3 Å². The summed E-state index contributed by atoms with van der Waals surface area (Å²) in [5, 5.41) is 8.63. The van der Waals surface area contributed by atoms with Crippen LogP contribution in [0.3, 0.4) is 0 Å². The molecule has 5 nitrogen and oxygen atoms in total. The highest BCUT2D eigenvalue weighted by Gasteiger charge is 2.37. The maximum absolute atomic E-state index is 12.2. The van der Waals surface area contributed by atoms with Crippen LogP contribution in [0.5, 0.6) is 0 Å². The summed E-state index contributed by atoms with van der Waals surface area (Å²) in [6.45, 7) is 6.16. The van der Waals surface area contributed by atoms with Gasteiger partial charge in [-0.25, -0.2) is 12.7 Å². The number of hydrogen-bond acceptors (Lipinski definition) is 3. The average molecular weight is 277 g/mol. The summed E-state index contributed by atoms with van der Waals surface area (Å²) in [6.07, 6.45) is 2.36. The Labute approximate surface area is 109 Å². The van der Waals surface area contributed by atoms with Crippen LogP contribution in [0, 0.1) is 5.92 Å². The first-order chi connectivity index (χ1) is 8.14. The van der Waals surface area contributed by atoms with Gasteiger partial charge in [0.05, 0.1) is 4.75 Å². The summed E-state index contributed by atoms with van der Waals surface area (Å²) >= 11 is 0. The molecule has 0 spiro atoms. The molecule has 1 rings (SSSR count). The summed E-state index contributed by atoms with van der Waals surface area (Å²) in [5.74, 6) is -0.438. The van der Waals surface area contributed by atoms with Gasteiger partial charge in [-0.15, -0.1) is 0 Å². The second kappa shape index (κ2) is 5.57. The van der Waals surface area contributed by atoms with E-state index in [2.05, 4.69) is 0 Å². The van der Waals surface area contributed by atoms with Gasteiger partial charge in [-0.3, -0.25) is 4.79 Å². The van der Waals surface area contributed by atoms with Crippen LogP contribution in [0.15, 0.2) is 0 Å². The van der Waals surface area contributed by atoms with Crippen LogP contribution >= 0.6 is 0 Å². The Morgan fingerprint density at radius 3 is 2.17 bits per heavy atom. The molecule has 0 bridgehead atoms. The van der Waals surface area contributed by atoms with Crippen molar-refractivity contribution in [2.75, 3.05) is 13.1 Å². The topological polar surface area (TPSA) is 74.7 Å².